The van der Waals surface area contributed by atoms with E-state index in [-0.39, 0.29) is 11.7 Å². The van der Waals surface area contributed by atoms with Crippen LogP contribution in [0.25, 0.3) is 31.4 Å². The summed E-state index contributed by atoms with van der Waals surface area (Å²) in [5, 5.41) is 13.7. The van der Waals surface area contributed by atoms with Gasteiger partial charge in [0.25, 0.3) is 0 Å². The standard InChI is InChI=1S/C23H18N6OS3/c1-13-5-6-16-18(10-13)32-23(26-16)27-19(30)12-31-20-8-7-17(28-29-20)21-14(2)25-22(33-21)15-4-3-9-24-11-15/h3-11H,12H2,1-2H3,(H,26,27,30). The number of carbonyl (C=O) groups excluding carboxylic acids is 1. The minimum Gasteiger partial charge on any atom is -0.301 e. The summed E-state index contributed by atoms with van der Waals surface area (Å²) in [6, 6.07) is 13.7. The number of thiazole rings is 2. The van der Waals surface area contributed by atoms with Crippen LogP contribution in [0, 0.1) is 13.8 Å². The second kappa shape index (κ2) is 9.34. The van der Waals surface area contributed by atoms with Crippen LogP contribution in [-0.2, 0) is 4.79 Å². The third-order valence-corrected chi connectivity index (χ3v) is 7.80. The molecule has 5 aromatic rings. The molecule has 0 bridgehead atoms. The van der Waals surface area contributed by atoms with Crippen LogP contribution in [0.3, 0.4) is 0 Å². The Kier molecular flexibility index (Phi) is 6.12. The Labute approximate surface area is 202 Å². The Morgan fingerprint density at radius 2 is 1.97 bits per heavy atom. The lowest BCUT2D eigenvalue weighted by Gasteiger charge is -2.02. The van der Waals surface area contributed by atoms with E-state index in [0.29, 0.717) is 10.2 Å². The number of pyridine rings is 1. The third kappa shape index (κ3) is 4.92. The number of rotatable bonds is 6. The predicted octanol–water partition coefficient (Wildman–Crippen LogP) is 5.62. The van der Waals surface area contributed by atoms with E-state index in [1.807, 2.05) is 50.2 Å². The van der Waals surface area contributed by atoms with Crippen LogP contribution >= 0.6 is 34.4 Å². The molecule has 0 aliphatic carbocycles. The molecule has 7 nitrogen and oxygen atoms in total. The lowest BCUT2D eigenvalue weighted by Crippen LogP contribution is -2.13. The molecule has 0 atom stereocenters. The van der Waals surface area contributed by atoms with Crippen molar-refractivity contribution in [1.29, 1.82) is 0 Å². The fraction of sp³-hybridized carbons (Fsp3) is 0.130. The first kappa shape index (κ1) is 21.6. The Hall–Kier alpha value is -3.21. The van der Waals surface area contributed by atoms with Crippen molar-refractivity contribution in [3.63, 3.8) is 0 Å². The molecular weight excluding hydrogens is 472 g/mol. The molecule has 0 spiro atoms. The van der Waals surface area contributed by atoms with Gasteiger partial charge in [-0.05, 0) is 55.8 Å². The van der Waals surface area contributed by atoms with Crippen LogP contribution in [0.2, 0.25) is 0 Å². The van der Waals surface area contributed by atoms with Crippen molar-refractivity contribution in [3.8, 4) is 21.1 Å². The molecule has 164 valence electrons. The maximum absolute atomic E-state index is 12.4. The zero-order valence-electron chi connectivity index (χ0n) is 17.8. The summed E-state index contributed by atoms with van der Waals surface area (Å²) >= 11 is 4.37. The van der Waals surface area contributed by atoms with Crippen LogP contribution < -0.4 is 5.32 Å². The van der Waals surface area contributed by atoms with Crippen LogP contribution in [-0.4, -0.2) is 36.8 Å². The summed E-state index contributed by atoms with van der Waals surface area (Å²) in [6.45, 7) is 4.00. The van der Waals surface area contributed by atoms with E-state index in [4.69, 9.17) is 0 Å². The number of fused-ring (bicyclic) bond motifs is 1. The lowest BCUT2D eigenvalue weighted by atomic mass is 10.2. The Morgan fingerprint density at radius 3 is 2.76 bits per heavy atom. The maximum atomic E-state index is 12.4. The Balaban J connectivity index is 1.22. The molecule has 0 saturated carbocycles. The number of thioether (sulfide) groups is 1. The fourth-order valence-electron chi connectivity index (χ4n) is 3.15. The highest BCUT2D eigenvalue weighted by Gasteiger charge is 2.14. The van der Waals surface area contributed by atoms with Gasteiger partial charge in [-0.1, -0.05) is 29.2 Å². The van der Waals surface area contributed by atoms with E-state index in [1.54, 1.807) is 23.7 Å². The van der Waals surface area contributed by atoms with Gasteiger partial charge in [0, 0.05) is 18.0 Å². The van der Waals surface area contributed by atoms with Crippen molar-refractivity contribution in [2.75, 3.05) is 11.1 Å². The van der Waals surface area contributed by atoms with Crippen molar-refractivity contribution in [3.05, 3.63) is 66.1 Å². The molecule has 1 N–H and O–H groups in total. The maximum Gasteiger partial charge on any atom is 0.236 e. The summed E-state index contributed by atoms with van der Waals surface area (Å²) in [5.41, 5.74) is 4.70. The van der Waals surface area contributed by atoms with E-state index in [9.17, 15) is 4.79 Å². The number of nitrogens with one attached hydrogen (secondary N) is 1. The second-order valence-corrected chi connectivity index (χ2v) is 10.3. The van der Waals surface area contributed by atoms with E-state index >= 15 is 0 Å². The molecule has 0 aliphatic rings. The normalized spacial score (nSPS) is 11.1. The number of aryl methyl sites for hydroxylation is 2. The quantitative estimate of drug-likeness (QED) is 0.309. The van der Waals surface area contributed by atoms with Crippen molar-refractivity contribution < 1.29 is 4.79 Å². The number of carbonyl (C=O) groups is 1. The zero-order valence-corrected chi connectivity index (χ0v) is 20.2. The predicted molar refractivity (Wildman–Crippen MR) is 135 cm³/mol. The van der Waals surface area contributed by atoms with E-state index in [2.05, 4.69) is 36.5 Å². The number of hydrogen-bond donors (Lipinski definition) is 1. The minimum absolute atomic E-state index is 0.124. The molecule has 10 heteroatoms. The van der Waals surface area contributed by atoms with Crippen LogP contribution in [0.1, 0.15) is 11.3 Å². The average molecular weight is 491 g/mol. The molecule has 0 aliphatic heterocycles. The first-order chi connectivity index (χ1) is 16.0. The van der Waals surface area contributed by atoms with Crippen LogP contribution in [0.15, 0.2) is 59.9 Å². The minimum atomic E-state index is -0.124. The van der Waals surface area contributed by atoms with Gasteiger partial charge in [-0.25, -0.2) is 9.97 Å². The van der Waals surface area contributed by atoms with Crippen molar-refractivity contribution in [2.24, 2.45) is 0 Å². The first-order valence-corrected chi connectivity index (χ1v) is 12.7. The summed E-state index contributed by atoms with van der Waals surface area (Å²) in [4.78, 5) is 26.6. The van der Waals surface area contributed by atoms with E-state index in [0.717, 1.165) is 37.1 Å². The number of aromatic nitrogens is 5. The van der Waals surface area contributed by atoms with Crippen molar-refractivity contribution >= 4 is 55.7 Å². The number of hydrogen-bond acceptors (Lipinski definition) is 9. The zero-order chi connectivity index (χ0) is 22.8. The van der Waals surface area contributed by atoms with Gasteiger partial charge in [0.05, 0.1) is 26.5 Å². The van der Waals surface area contributed by atoms with E-state index in [1.165, 1.54) is 28.7 Å². The summed E-state index contributed by atoms with van der Waals surface area (Å²) < 4.78 is 1.06. The summed E-state index contributed by atoms with van der Waals surface area (Å²) in [6.07, 6.45) is 3.54. The summed E-state index contributed by atoms with van der Waals surface area (Å²) in [5.74, 6) is 0.106. The third-order valence-electron chi connectivity index (χ3n) is 4.72. The van der Waals surface area contributed by atoms with Crippen LogP contribution in [0.5, 0.6) is 0 Å². The molecular formula is C23H18N6OS3. The molecule has 1 amide bonds. The van der Waals surface area contributed by atoms with Crippen LogP contribution in [0.4, 0.5) is 5.13 Å². The Morgan fingerprint density at radius 1 is 1.06 bits per heavy atom. The van der Waals surface area contributed by atoms with Gasteiger partial charge < -0.3 is 5.32 Å². The molecule has 5 rings (SSSR count). The smallest absolute Gasteiger partial charge is 0.236 e. The number of anilines is 1. The highest BCUT2D eigenvalue weighted by Crippen LogP contribution is 2.34. The van der Waals surface area contributed by atoms with Gasteiger partial charge in [0.15, 0.2) is 5.13 Å². The Bertz CT molecular complexity index is 1430. The van der Waals surface area contributed by atoms with Crippen molar-refractivity contribution in [1.82, 2.24) is 25.1 Å². The molecule has 0 fully saturated rings. The van der Waals surface area contributed by atoms with Gasteiger partial charge in [-0.3, -0.25) is 9.78 Å². The molecule has 33 heavy (non-hydrogen) atoms. The molecule has 4 aromatic heterocycles. The molecule has 0 radical (unpaired) electrons. The highest BCUT2D eigenvalue weighted by molar-refractivity contribution is 7.99. The van der Waals surface area contributed by atoms with Gasteiger partial charge in [-0.2, -0.15) is 0 Å². The number of nitrogens with zero attached hydrogens (tertiary/aromatic N) is 5. The molecule has 1 aromatic carbocycles. The SMILES string of the molecule is Cc1ccc2nc(NC(=O)CSc3ccc(-c4sc(-c5cccnc5)nc4C)nn3)sc2c1. The molecule has 4 heterocycles. The van der Waals surface area contributed by atoms with Gasteiger partial charge in [-0.15, -0.1) is 21.5 Å². The number of benzene rings is 1. The average Bonchev–Trinajstić information content (AvgIpc) is 3.41. The largest absolute Gasteiger partial charge is 0.301 e. The fourth-order valence-corrected chi connectivity index (χ4v) is 5.76. The molecule has 0 unspecified atom stereocenters. The highest BCUT2D eigenvalue weighted by atomic mass is 32.2. The first-order valence-electron chi connectivity index (χ1n) is 10.1. The van der Waals surface area contributed by atoms with E-state index < -0.39 is 0 Å². The van der Waals surface area contributed by atoms with Gasteiger partial charge in [0.1, 0.15) is 15.7 Å². The molecule has 0 saturated heterocycles. The van der Waals surface area contributed by atoms with Gasteiger partial charge >= 0.3 is 0 Å². The number of amides is 1. The topological polar surface area (TPSA) is 93.6 Å². The second-order valence-electron chi connectivity index (χ2n) is 7.26. The lowest BCUT2D eigenvalue weighted by molar-refractivity contribution is -0.113. The summed E-state index contributed by atoms with van der Waals surface area (Å²) in [7, 11) is 0. The monoisotopic (exact) mass is 490 g/mol. The van der Waals surface area contributed by atoms with Gasteiger partial charge in [0.2, 0.25) is 5.91 Å². The van der Waals surface area contributed by atoms with Crippen molar-refractivity contribution in [2.45, 2.75) is 18.9 Å².